The van der Waals surface area contributed by atoms with E-state index in [9.17, 15) is 14.9 Å². The Bertz CT molecular complexity index is 1600. The Morgan fingerprint density at radius 3 is 2.67 bits per heavy atom. The van der Waals surface area contributed by atoms with Gasteiger partial charge in [0, 0.05) is 24.6 Å². The molecule has 0 aliphatic carbocycles. The molecule has 5 rings (SSSR count). The van der Waals surface area contributed by atoms with E-state index in [1.54, 1.807) is 24.3 Å². The fourth-order valence-corrected chi connectivity index (χ4v) is 5.65. The van der Waals surface area contributed by atoms with Crippen LogP contribution in [0.4, 0.5) is 11.4 Å². The predicted molar refractivity (Wildman–Crippen MR) is 141 cm³/mol. The molecule has 0 aliphatic rings. The number of nitrogens with zero attached hydrogens (tertiary/aromatic N) is 6. The summed E-state index contributed by atoms with van der Waals surface area (Å²) >= 11 is 2.83. The number of carbonyl (C=O) groups excluding carboxylic acids is 1. The van der Waals surface area contributed by atoms with Gasteiger partial charge in [0.25, 0.3) is 5.69 Å². The van der Waals surface area contributed by atoms with Gasteiger partial charge >= 0.3 is 0 Å². The Kier molecular flexibility index (Phi) is 6.29. The number of aromatic nitrogens is 5. The molecule has 0 fully saturated rings. The van der Waals surface area contributed by atoms with Crippen LogP contribution in [0.3, 0.4) is 0 Å². The summed E-state index contributed by atoms with van der Waals surface area (Å²) in [4.78, 5) is 25.1. The molecule has 0 bridgehead atoms. The molecule has 12 heteroatoms. The summed E-state index contributed by atoms with van der Waals surface area (Å²) in [5.41, 5.74) is 3.01. The quantitative estimate of drug-likeness (QED) is 0.180. The van der Waals surface area contributed by atoms with Crippen LogP contribution in [0.25, 0.3) is 26.6 Å². The van der Waals surface area contributed by atoms with Crippen molar-refractivity contribution in [2.45, 2.75) is 19.0 Å². The number of non-ortho nitro benzene ring substituents is 1. The molecule has 10 nitrogen and oxygen atoms in total. The summed E-state index contributed by atoms with van der Waals surface area (Å²) in [6.45, 7) is 3.77. The third-order valence-electron chi connectivity index (χ3n) is 5.64. The molecule has 1 amide bonds. The minimum Gasteiger partial charge on any atom is -0.325 e. The van der Waals surface area contributed by atoms with Gasteiger partial charge in [0.05, 0.1) is 32.6 Å². The van der Waals surface area contributed by atoms with Gasteiger partial charge in [-0.2, -0.15) is 5.10 Å². The highest BCUT2D eigenvalue weighted by molar-refractivity contribution is 7.99. The fraction of sp³-hybridized carbons (Fsp3) is 0.167. The van der Waals surface area contributed by atoms with E-state index in [1.165, 1.54) is 23.9 Å². The fourth-order valence-electron chi connectivity index (χ4n) is 3.73. The molecule has 0 atom stereocenters. The zero-order valence-corrected chi connectivity index (χ0v) is 21.3. The van der Waals surface area contributed by atoms with Crippen molar-refractivity contribution in [3.05, 3.63) is 76.0 Å². The van der Waals surface area contributed by atoms with Gasteiger partial charge in [-0.15, -0.1) is 21.5 Å². The number of hydrogen-bond donors (Lipinski definition) is 1. The molecule has 36 heavy (non-hydrogen) atoms. The molecular weight excluding hydrogens is 498 g/mol. The lowest BCUT2D eigenvalue weighted by Gasteiger charge is -2.08. The highest BCUT2D eigenvalue weighted by Crippen LogP contribution is 2.36. The SMILES string of the molecule is Cc1ccc([N+](=O)[O-])cc1NC(=O)CSc1nnc(-c2cc3c(C)nn(-c4ccccc4)c3s2)n1C. The van der Waals surface area contributed by atoms with Gasteiger partial charge < -0.3 is 9.88 Å². The van der Waals surface area contributed by atoms with Crippen LogP contribution < -0.4 is 5.32 Å². The van der Waals surface area contributed by atoms with Crippen LogP contribution >= 0.6 is 23.1 Å². The van der Waals surface area contributed by atoms with Crippen molar-refractivity contribution in [1.82, 2.24) is 24.5 Å². The van der Waals surface area contributed by atoms with E-state index >= 15 is 0 Å². The van der Waals surface area contributed by atoms with Crippen LogP contribution in [0, 0.1) is 24.0 Å². The molecular formula is C24H21N7O3S2. The predicted octanol–water partition coefficient (Wildman–Crippen LogP) is 5.14. The smallest absolute Gasteiger partial charge is 0.271 e. The first-order valence-corrected chi connectivity index (χ1v) is 12.7. The molecule has 0 radical (unpaired) electrons. The molecule has 0 aliphatic heterocycles. The van der Waals surface area contributed by atoms with Gasteiger partial charge in [-0.1, -0.05) is 36.0 Å². The molecule has 3 heterocycles. The number of benzene rings is 2. The van der Waals surface area contributed by atoms with Crippen molar-refractivity contribution in [3.63, 3.8) is 0 Å². The summed E-state index contributed by atoms with van der Waals surface area (Å²) in [5, 5.41) is 28.8. The van der Waals surface area contributed by atoms with E-state index in [0.717, 1.165) is 32.0 Å². The van der Waals surface area contributed by atoms with E-state index in [2.05, 4.69) is 26.7 Å². The van der Waals surface area contributed by atoms with Gasteiger partial charge in [0.2, 0.25) is 5.91 Å². The molecule has 5 aromatic rings. The third kappa shape index (κ3) is 4.48. The third-order valence-corrected chi connectivity index (χ3v) is 7.77. The van der Waals surface area contributed by atoms with E-state index in [-0.39, 0.29) is 17.3 Å². The van der Waals surface area contributed by atoms with Crippen LogP contribution in [-0.2, 0) is 11.8 Å². The Morgan fingerprint density at radius 2 is 1.92 bits per heavy atom. The summed E-state index contributed by atoms with van der Waals surface area (Å²) in [6, 6.07) is 16.4. The van der Waals surface area contributed by atoms with E-state index < -0.39 is 4.92 Å². The zero-order valence-electron chi connectivity index (χ0n) is 19.6. The van der Waals surface area contributed by atoms with Crippen LogP contribution in [0.1, 0.15) is 11.3 Å². The second-order valence-electron chi connectivity index (χ2n) is 8.12. The maximum atomic E-state index is 12.5. The summed E-state index contributed by atoms with van der Waals surface area (Å²) in [7, 11) is 1.86. The van der Waals surface area contributed by atoms with Gasteiger partial charge in [-0.05, 0) is 37.6 Å². The van der Waals surface area contributed by atoms with Crippen molar-refractivity contribution in [3.8, 4) is 16.4 Å². The number of carbonyl (C=O) groups is 1. The molecule has 0 spiro atoms. The number of rotatable bonds is 7. The van der Waals surface area contributed by atoms with E-state index in [0.29, 0.717) is 16.7 Å². The number of thioether (sulfide) groups is 1. The number of hydrogen-bond acceptors (Lipinski definition) is 8. The number of thiophene rings is 1. The monoisotopic (exact) mass is 519 g/mol. The van der Waals surface area contributed by atoms with Crippen molar-refractivity contribution in [1.29, 1.82) is 0 Å². The summed E-state index contributed by atoms with van der Waals surface area (Å²) in [5.74, 6) is 0.504. The average Bonchev–Trinajstić information content (AvgIpc) is 3.54. The lowest BCUT2D eigenvalue weighted by molar-refractivity contribution is -0.384. The number of fused-ring (bicyclic) bond motifs is 1. The number of nitrogens with one attached hydrogen (secondary N) is 1. The number of nitro groups is 1. The Labute approximate surface area is 214 Å². The van der Waals surface area contributed by atoms with Crippen LogP contribution in [0.5, 0.6) is 0 Å². The van der Waals surface area contributed by atoms with E-state index in [4.69, 9.17) is 0 Å². The number of aryl methyl sites for hydroxylation is 2. The van der Waals surface area contributed by atoms with Crippen LogP contribution in [-0.4, -0.2) is 41.1 Å². The standard InChI is InChI=1S/C24H21N7O3S2/c1-14-9-10-17(31(33)34)11-19(14)25-21(32)13-35-24-27-26-22(29(24)3)20-12-18-15(2)28-30(23(18)36-20)16-7-5-4-6-8-16/h4-12H,13H2,1-3H3,(H,25,32). The molecule has 0 saturated heterocycles. The second-order valence-corrected chi connectivity index (χ2v) is 10.1. The van der Waals surface area contributed by atoms with E-state index in [1.807, 2.05) is 53.6 Å². The van der Waals surface area contributed by atoms with Gasteiger partial charge in [-0.25, -0.2) is 4.68 Å². The number of nitro benzene ring substituents is 1. The van der Waals surface area contributed by atoms with Gasteiger partial charge in [0.15, 0.2) is 11.0 Å². The molecule has 0 unspecified atom stereocenters. The van der Waals surface area contributed by atoms with Crippen molar-refractivity contribution in [2.24, 2.45) is 7.05 Å². The second kappa shape index (κ2) is 9.55. The topological polar surface area (TPSA) is 121 Å². The highest BCUT2D eigenvalue weighted by atomic mass is 32.2. The normalized spacial score (nSPS) is 11.2. The van der Waals surface area contributed by atoms with Crippen molar-refractivity contribution < 1.29 is 9.72 Å². The first-order chi connectivity index (χ1) is 17.3. The lowest BCUT2D eigenvalue weighted by atomic mass is 10.2. The van der Waals surface area contributed by atoms with Gasteiger partial charge in [0.1, 0.15) is 4.83 Å². The number of amides is 1. The molecule has 3 aromatic heterocycles. The van der Waals surface area contributed by atoms with Crippen LogP contribution in [0.15, 0.2) is 59.8 Å². The summed E-state index contributed by atoms with van der Waals surface area (Å²) < 4.78 is 3.79. The first-order valence-electron chi connectivity index (χ1n) is 10.9. The maximum absolute atomic E-state index is 12.5. The average molecular weight is 520 g/mol. The summed E-state index contributed by atoms with van der Waals surface area (Å²) in [6.07, 6.45) is 0. The molecule has 1 N–H and O–H groups in total. The molecule has 2 aromatic carbocycles. The Balaban J connectivity index is 1.33. The zero-order chi connectivity index (χ0) is 25.4. The largest absolute Gasteiger partial charge is 0.325 e. The Hall–Kier alpha value is -4.03. The van der Waals surface area contributed by atoms with Crippen molar-refractivity contribution in [2.75, 3.05) is 11.1 Å². The minimum atomic E-state index is -0.488. The highest BCUT2D eigenvalue weighted by Gasteiger charge is 2.19. The number of para-hydroxylation sites is 1. The molecule has 182 valence electrons. The van der Waals surface area contributed by atoms with Crippen LogP contribution in [0.2, 0.25) is 0 Å². The number of anilines is 1. The Morgan fingerprint density at radius 1 is 1.14 bits per heavy atom. The molecule has 0 saturated carbocycles. The van der Waals surface area contributed by atoms with Gasteiger partial charge in [-0.3, -0.25) is 14.9 Å². The minimum absolute atomic E-state index is 0.0737. The lowest BCUT2D eigenvalue weighted by Crippen LogP contribution is -2.15. The maximum Gasteiger partial charge on any atom is 0.271 e. The van der Waals surface area contributed by atoms with Crippen molar-refractivity contribution >= 4 is 50.6 Å². The first kappa shape index (κ1) is 23.7.